The van der Waals surface area contributed by atoms with Crippen LogP contribution < -0.4 is 0 Å². The minimum Gasteiger partial charge on any atom is -0.454 e. The third-order valence-electron chi connectivity index (χ3n) is 2.24. The molecular weight excluding hydrogens is 190 g/mol. The van der Waals surface area contributed by atoms with Crippen molar-refractivity contribution in [1.29, 1.82) is 0 Å². The molecular formula is C10H8F2O2. The summed E-state index contributed by atoms with van der Waals surface area (Å²) in [7, 11) is 0. The summed E-state index contributed by atoms with van der Waals surface area (Å²) in [6, 6.07) is 8.50. The molecule has 1 heterocycles. The Labute approximate surface area is 79.5 Å². The SMILES string of the molecule is O=C1OC(C(F)F)C1c1ccccc1. The maximum absolute atomic E-state index is 12.3. The number of carbonyl (C=O) groups excluding carboxylic acids is 1. The van der Waals surface area contributed by atoms with E-state index in [-0.39, 0.29) is 0 Å². The second-order valence-electron chi connectivity index (χ2n) is 3.12. The molecule has 14 heavy (non-hydrogen) atoms. The van der Waals surface area contributed by atoms with Crippen LogP contribution in [0.2, 0.25) is 0 Å². The largest absolute Gasteiger partial charge is 0.454 e. The molecule has 0 bridgehead atoms. The van der Waals surface area contributed by atoms with Crippen LogP contribution in [-0.2, 0) is 9.53 Å². The number of hydrogen-bond acceptors (Lipinski definition) is 2. The van der Waals surface area contributed by atoms with Gasteiger partial charge in [0.1, 0.15) is 5.92 Å². The molecule has 0 spiro atoms. The molecule has 1 aliphatic rings. The summed E-state index contributed by atoms with van der Waals surface area (Å²) >= 11 is 0. The lowest BCUT2D eigenvalue weighted by atomic mass is 9.89. The van der Waals surface area contributed by atoms with Gasteiger partial charge in [0.25, 0.3) is 6.43 Å². The number of alkyl halides is 2. The van der Waals surface area contributed by atoms with E-state index in [4.69, 9.17) is 0 Å². The highest BCUT2D eigenvalue weighted by molar-refractivity contribution is 5.84. The highest BCUT2D eigenvalue weighted by Crippen LogP contribution is 2.35. The zero-order valence-corrected chi connectivity index (χ0v) is 7.19. The van der Waals surface area contributed by atoms with Crippen LogP contribution in [0.5, 0.6) is 0 Å². The molecule has 0 amide bonds. The predicted octanol–water partition coefficient (Wildman–Crippen LogP) is 1.96. The minimum atomic E-state index is -2.61. The summed E-state index contributed by atoms with van der Waals surface area (Å²) in [5.41, 5.74) is 0.592. The highest BCUT2D eigenvalue weighted by Gasteiger charge is 2.48. The van der Waals surface area contributed by atoms with Crippen molar-refractivity contribution in [2.45, 2.75) is 18.4 Å². The Morgan fingerprint density at radius 2 is 1.86 bits per heavy atom. The maximum atomic E-state index is 12.3. The van der Waals surface area contributed by atoms with E-state index in [0.29, 0.717) is 5.56 Å². The van der Waals surface area contributed by atoms with Gasteiger partial charge in [-0.15, -0.1) is 0 Å². The first kappa shape index (κ1) is 9.12. The van der Waals surface area contributed by atoms with E-state index < -0.39 is 24.4 Å². The van der Waals surface area contributed by atoms with E-state index in [9.17, 15) is 13.6 Å². The normalized spacial score (nSPS) is 25.8. The molecule has 1 fully saturated rings. The quantitative estimate of drug-likeness (QED) is 0.679. The number of benzene rings is 1. The second kappa shape index (κ2) is 3.36. The van der Waals surface area contributed by atoms with Crippen molar-refractivity contribution < 1.29 is 18.3 Å². The summed E-state index contributed by atoms with van der Waals surface area (Å²) < 4.78 is 29.0. The van der Waals surface area contributed by atoms with Gasteiger partial charge in [0.2, 0.25) is 0 Å². The molecule has 2 atom stereocenters. The molecule has 1 aromatic rings. The molecule has 0 aliphatic carbocycles. The average molecular weight is 198 g/mol. The molecule has 2 nitrogen and oxygen atoms in total. The zero-order valence-electron chi connectivity index (χ0n) is 7.19. The first-order chi connectivity index (χ1) is 6.70. The summed E-state index contributed by atoms with van der Waals surface area (Å²) in [6.07, 6.45) is -3.89. The number of carbonyl (C=O) groups is 1. The predicted molar refractivity (Wildman–Crippen MR) is 45.1 cm³/mol. The Morgan fingerprint density at radius 3 is 2.36 bits per heavy atom. The molecule has 4 heteroatoms. The minimum absolute atomic E-state index is 0.568. The monoisotopic (exact) mass is 198 g/mol. The molecule has 0 saturated carbocycles. The van der Waals surface area contributed by atoms with Crippen molar-refractivity contribution in [2.75, 3.05) is 0 Å². The summed E-state index contributed by atoms with van der Waals surface area (Å²) in [5.74, 6) is -1.36. The van der Waals surface area contributed by atoms with Crippen molar-refractivity contribution in [3.05, 3.63) is 35.9 Å². The molecule has 2 unspecified atom stereocenters. The van der Waals surface area contributed by atoms with E-state index in [1.807, 2.05) is 0 Å². The van der Waals surface area contributed by atoms with Gasteiger partial charge in [-0.1, -0.05) is 30.3 Å². The fourth-order valence-corrected chi connectivity index (χ4v) is 1.52. The lowest BCUT2D eigenvalue weighted by molar-refractivity contribution is -0.191. The number of esters is 1. The maximum Gasteiger partial charge on any atom is 0.317 e. The third kappa shape index (κ3) is 1.36. The summed E-state index contributed by atoms with van der Waals surface area (Å²) in [6.45, 7) is 0. The first-order valence-electron chi connectivity index (χ1n) is 4.24. The van der Waals surface area contributed by atoms with Crippen molar-refractivity contribution in [3.8, 4) is 0 Å². The lowest BCUT2D eigenvalue weighted by Crippen LogP contribution is -2.47. The van der Waals surface area contributed by atoms with Crippen molar-refractivity contribution in [1.82, 2.24) is 0 Å². The van der Waals surface area contributed by atoms with Crippen molar-refractivity contribution in [3.63, 3.8) is 0 Å². The van der Waals surface area contributed by atoms with E-state index in [0.717, 1.165) is 0 Å². The molecule has 74 valence electrons. The number of halogens is 2. The Kier molecular flexibility index (Phi) is 2.19. The van der Waals surface area contributed by atoms with Crippen LogP contribution >= 0.6 is 0 Å². The van der Waals surface area contributed by atoms with Gasteiger partial charge < -0.3 is 4.74 Å². The van der Waals surface area contributed by atoms with Gasteiger partial charge in [-0.2, -0.15) is 0 Å². The molecule has 2 rings (SSSR count). The second-order valence-corrected chi connectivity index (χ2v) is 3.12. The Morgan fingerprint density at radius 1 is 1.21 bits per heavy atom. The first-order valence-corrected chi connectivity index (χ1v) is 4.24. The molecule has 0 aromatic heterocycles. The van der Waals surface area contributed by atoms with E-state index >= 15 is 0 Å². The average Bonchev–Trinajstić information content (AvgIpc) is 2.15. The van der Waals surface area contributed by atoms with Gasteiger partial charge in [-0.05, 0) is 5.56 Å². The van der Waals surface area contributed by atoms with Gasteiger partial charge >= 0.3 is 5.97 Å². The molecule has 1 aromatic carbocycles. The Bertz CT molecular complexity index is 337. The van der Waals surface area contributed by atoms with Crippen LogP contribution in [0.15, 0.2) is 30.3 Å². The van der Waals surface area contributed by atoms with Gasteiger partial charge in [-0.3, -0.25) is 4.79 Å². The van der Waals surface area contributed by atoms with Crippen LogP contribution in [0.25, 0.3) is 0 Å². The van der Waals surface area contributed by atoms with Crippen molar-refractivity contribution >= 4 is 5.97 Å². The Balaban J connectivity index is 2.21. The molecule has 1 saturated heterocycles. The number of ether oxygens (including phenoxy) is 1. The fourth-order valence-electron chi connectivity index (χ4n) is 1.52. The van der Waals surface area contributed by atoms with Crippen LogP contribution in [0, 0.1) is 0 Å². The topological polar surface area (TPSA) is 26.3 Å². The van der Waals surface area contributed by atoms with E-state index in [1.54, 1.807) is 30.3 Å². The van der Waals surface area contributed by atoms with Crippen LogP contribution in [0.4, 0.5) is 8.78 Å². The van der Waals surface area contributed by atoms with Gasteiger partial charge in [0.05, 0.1) is 0 Å². The number of rotatable bonds is 2. The number of hydrogen-bond donors (Lipinski definition) is 0. The molecule has 0 N–H and O–H groups in total. The van der Waals surface area contributed by atoms with Gasteiger partial charge in [0, 0.05) is 0 Å². The van der Waals surface area contributed by atoms with Crippen LogP contribution in [0.3, 0.4) is 0 Å². The Hall–Kier alpha value is -1.45. The summed E-state index contributed by atoms with van der Waals surface area (Å²) in [4.78, 5) is 11.0. The van der Waals surface area contributed by atoms with Gasteiger partial charge in [0.15, 0.2) is 6.10 Å². The van der Waals surface area contributed by atoms with E-state index in [2.05, 4.69) is 4.74 Å². The van der Waals surface area contributed by atoms with E-state index in [1.165, 1.54) is 0 Å². The third-order valence-corrected chi connectivity index (χ3v) is 2.24. The number of cyclic esters (lactones) is 1. The van der Waals surface area contributed by atoms with Crippen LogP contribution in [-0.4, -0.2) is 18.5 Å². The fraction of sp³-hybridized carbons (Fsp3) is 0.300. The zero-order chi connectivity index (χ0) is 10.1. The lowest BCUT2D eigenvalue weighted by Gasteiger charge is -2.34. The van der Waals surface area contributed by atoms with Crippen molar-refractivity contribution in [2.24, 2.45) is 0 Å². The molecule has 0 radical (unpaired) electrons. The van der Waals surface area contributed by atoms with Gasteiger partial charge in [-0.25, -0.2) is 8.78 Å². The smallest absolute Gasteiger partial charge is 0.317 e. The highest BCUT2D eigenvalue weighted by atomic mass is 19.3. The van der Waals surface area contributed by atoms with Crippen LogP contribution in [0.1, 0.15) is 11.5 Å². The molecule has 1 aliphatic heterocycles. The summed E-state index contributed by atoms with van der Waals surface area (Å²) in [5, 5.41) is 0. The standard InChI is InChI=1S/C10H8F2O2/c11-9(12)8-7(10(13)14-8)6-4-2-1-3-5-6/h1-5,7-9H.